The van der Waals surface area contributed by atoms with Crippen molar-refractivity contribution in [2.45, 2.75) is 26.4 Å². The fraction of sp³-hybridized carbons (Fsp3) is 0.400. The van der Waals surface area contributed by atoms with E-state index in [1.165, 1.54) is 5.56 Å². The smallest absolute Gasteiger partial charge is 0.128 e. The second kappa shape index (κ2) is 5.89. The third-order valence-corrected chi connectivity index (χ3v) is 3.28. The number of aromatic nitrogens is 1. The molecule has 1 N–H and O–H groups in total. The molecule has 19 heavy (non-hydrogen) atoms. The number of aryl methyl sites for hydroxylation is 1. The molecule has 1 unspecified atom stereocenters. The van der Waals surface area contributed by atoms with E-state index in [1.807, 2.05) is 45.4 Å². The third-order valence-electron chi connectivity index (χ3n) is 3.28. The zero-order valence-electron chi connectivity index (χ0n) is 12.0. The molecule has 4 heteroatoms. The first kappa shape index (κ1) is 13.6. The van der Waals surface area contributed by atoms with Gasteiger partial charge in [-0.2, -0.15) is 0 Å². The Morgan fingerprint density at radius 1 is 1.37 bits per heavy atom. The predicted molar refractivity (Wildman–Crippen MR) is 77.3 cm³/mol. The molecule has 2 heterocycles. The molecular weight excluding hydrogens is 238 g/mol. The minimum absolute atomic E-state index is 0.320. The average molecular weight is 259 g/mol. The molecule has 4 nitrogen and oxygen atoms in total. The van der Waals surface area contributed by atoms with Gasteiger partial charge in [-0.25, -0.2) is 4.98 Å². The van der Waals surface area contributed by atoms with Gasteiger partial charge in [0.1, 0.15) is 17.3 Å². The summed E-state index contributed by atoms with van der Waals surface area (Å²) in [5, 5.41) is 3.24. The Bertz CT molecular complexity index is 536. The van der Waals surface area contributed by atoms with Crippen molar-refractivity contribution in [3.63, 3.8) is 0 Å². The number of hydrogen-bond acceptors (Lipinski definition) is 4. The summed E-state index contributed by atoms with van der Waals surface area (Å²) < 4.78 is 5.59. The van der Waals surface area contributed by atoms with E-state index in [2.05, 4.69) is 28.2 Å². The van der Waals surface area contributed by atoms with Gasteiger partial charge in [-0.1, -0.05) is 0 Å². The second-order valence-corrected chi connectivity index (χ2v) is 4.83. The van der Waals surface area contributed by atoms with Gasteiger partial charge in [-0.15, -0.1) is 0 Å². The summed E-state index contributed by atoms with van der Waals surface area (Å²) >= 11 is 0. The van der Waals surface area contributed by atoms with Crippen LogP contribution in [0.4, 0.5) is 5.82 Å². The van der Waals surface area contributed by atoms with Gasteiger partial charge < -0.3 is 14.6 Å². The topological polar surface area (TPSA) is 41.3 Å². The molecule has 2 aromatic rings. The monoisotopic (exact) mass is 259 g/mol. The Balaban J connectivity index is 2.12. The molecular formula is C15H21N3O. The van der Waals surface area contributed by atoms with E-state index in [-0.39, 0.29) is 0 Å². The minimum Gasteiger partial charge on any atom is -0.464 e. The first-order valence-electron chi connectivity index (χ1n) is 6.50. The Morgan fingerprint density at radius 3 is 2.79 bits per heavy atom. The molecule has 0 aromatic carbocycles. The molecule has 0 spiro atoms. The van der Waals surface area contributed by atoms with Crippen LogP contribution in [-0.2, 0) is 6.54 Å². The maximum absolute atomic E-state index is 5.59. The van der Waals surface area contributed by atoms with E-state index >= 15 is 0 Å². The molecule has 0 aliphatic heterocycles. The lowest BCUT2D eigenvalue weighted by Crippen LogP contribution is -2.18. The number of furan rings is 1. The molecule has 0 bridgehead atoms. The number of rotatable bonds is 5. The molecule has 2 rings (SSSR count). The summed E-state index contributed by atoms with van der Waals surface area (Å²) in [5.41, 5.74) is 1.23. The van der Waals surface area contributed by atoms with Crippen molar-refractivity contribution in [1.82, 2.24) is 10.3 Å². The zero-order valence-corrected chi connectivity index (χ0v) is 12.0. The average Bonchev–Trinajstić information content (AvgIpc) is 2.83. The van der Waals surface area contributed by atoms with Crippen molar-refractivity contribution in [2.24, 2.45) is 0 Å². The van der Waals surface area contributed by atoms with Crippen molar-refractivity contribution in [3.8, 4) is 0 Å². The third kappa shape index (κ3) is 3.35. The molecule has 0 saturated carbocycles. The zero-order chi connectivity index (χ0) is 13.8. The van der Waals surface area contributed by atoms with Crippen LogP contribution in [0.1, 0.15) is 30.0 Å². The second-order valence-electron chi connectivity index (χ2n) is 4.83. The Hall–Kier alpha value is -1.81. The van der Waals surface area contributed by atoms with Crippen LogP contribution in [0, 0.1) is 6.92 Å². The van der Waals surface area contributed by atoms with E-state index in [9.17, 15) is 0 Å². The molecule has 0 saturated heterocycles. The van der Waals surface area contributed by atoms with Gasteiger partial charge in [0.15, 0.2) is 0 Å². The summed E-state index contributed by atoms with van der Waals surface area (Å²) in [5.74, 6) is 2.84. The van der Waals surface area contributed by atoms with Gasteiger partial charge in [0.05, 0.1) is 6.54 Å². The van der Waals surface area contributed by atoms with E-state index < -0.39 is 0 Å². The fourth-order valence-corrected chi connectivity index (χ4v) is 1.96. The van der Waals surface area contributed by atoms with Crippen molar-refractivity contribution in [2.75, 3.05) is 19.0 Å². The summed E-state index contributed by atoms with van der Waals surface area (Å²) in [7, 11) is 3.98. The fourth-order valence-electron chi connectivity index (χ4n) is 1.96. The van der Waals surface area contributed by atoms with E-state index in [4.69, 9.17) is 4.42 Å². The highest BCUT2D eigenvalue weighted by atomic mass is 16.3. The van der Waals surface area contributed by atoms with Gasteiger partial charge in [0.2, 0.25) is 0 Å². The maximum atomic E-state index is 5.59. The molecule has 0 fully saturated rings. The highest BCUT2D eigenvalue weighted by molar-refractivity contribution is 5.41. The van der Waals surface area contributed by atoms with Crippen LogP contribution in [0.5, 0.6) is 0 Å². The SMILES string of the molecule is CNC(C)c1ccnc(N(C)Cc2ccc(C)o2)c1. The van der Waals surface area contributed by atoms with Crippen LogP contribution in [0.2, 0.25) is 0 Å². The van der Waals surface area contributed by atoms with E-state index in [1.54, 1.807) is 0 Å². The molecule has 0 radical (unpaired) electrons. The van der Waals surface area contributed by atoms with Crippen molar-refractivity contribution in [3.05, 3.63) is 47.5 Å². The first-order chi connectivity index (χ1) is 9.10. The van der Waals surface area contributed by atoms with Crippen LogP contribution < -0.4 is 10.2 Å². The van der Waals surface area contributed by atoms with Crippen LogP contribution in [-0.4, -0.2) is 19.1 Å². The number of nitrogens with zero attached hydrogens (tertiary/aromatic N) is 2. The van der Waals surface area contributed by atoms with Gasteiger partial charge in [0.25, 0.3) is 0 Å². The predicted octanol–water partition coefficient (Wildman–Crippen LogP) is 2.90. The lowest BCUT2D eigenvalue weighted by molar-refractivity contribution is 0.481. The van der Waals surface area contributed by atoms with Crippen molar-refractivity contribution >= 4 is 5.82 Å². The number of pyridine rings is 1. The van der Waals surface area contributed by atoms with Crippen LogP contribution in [0.15, 0.2) is 34.9 Å². The molecule has 102 valence electrons. The number of nitrogens with one attached hydrogen (secondary N) is 1. The standard InChI is InChI=1S/C15H21N3O/c1-11-5-6-14(19-11)10-18(4)15-9-13(7-8-17-15)12(2)16-3/h5-9,12,16H,10H2,1-4H3. The van der Waals surface area contributed by atoms with E-state index in [0.717, 1.165) is 23.9 Å². The summed E-state index contributed by atoms with van der Waals surface area (Å²) in [6.45, 7) is 4.81. The Labute approximate surface area is 114 Å². The largest absolute Gasteiger partial charge is 0.464 e. The van der Waals surface area contributed by atoms with Crippen LogP contribution in [0.25, 0.3) is 0 Å². The highest BCUT2D eigenvalue weighted by Gasteiger charge is 2.09. The molecule has 2 aromatic heterocycles. The van der Waals surface area contributed by atoms with Crippen molar-refractivity contribution < 1.29 is 4.42 Å². The van der Waals surface area contributed by atoms with Crippen molar-refractivity contribution in [1.29, 1.82) is 0 Å². The summed E-state index contributed by atoms with van der Waals surface area (Å²) in [6, 6.07) is 8.45. The normalized spacial score (nSPS) is 12.4. The van der Waals surface area contributed by atoms with Gasteiger partial charge >= 0.3 is 0 Å². The maximum Gasteiger partial charge on any atom is 0.128 e. The van der Waals surface area contributed by atoms with E-state index in [0.29, 0.717) is 6.04 Å². The molecule has 0 aliphatic carbocycles. The van der Waals surface area contributed by atoms with Crippen LogP contribution in [0.3, 0.4) is 0 Å². The molecule has 0 amide bonds. The first-order valence-corrected chi connectivity index (χ1v) is 6.50. The quantitative estimate of drug-likeness (QED) is 0.896. The number of hydrogen-bond donors (Lipinski definition) is 1. The molecule has 0 aliphatic rings. The van der Waals surface area contributed by atoms with Crippen LogP contribution >= 0.6 is 0 Å². The minimum atomic E-state index is 0.320. The Morgan fingerprint density at radius 2 is 2.16 bits per heavy atom. The summed E-state index contributed by atoms with van der Waals surface area (Å²) in [4.78, 5) is 6.50. The highest BCUT2D eigenvalue weighted by Crippen LogP contribution is 2.19. The lowest BCUT2D eigenvalue weighted by Gasteiger charge is -2.19. The van der Waals surface area contributed by atoms with Gasteiger partial charge in [-0.05, 0) is 50.7 Å². The van der Waals surface area contributed by atoms with Gasteiger partial charge in [-0.3, -0.25) is 0 Å². The lowest BCUT2D eigenvalue weighted by atomic mass is 10.1. The number of anilines is 1. The summed E-state index contributed by atoms with van der Waals surface area (Å²) in [6.07, 6.45) is 1.85. The van der Waals surface area contributed by atoms with Gasteiger partial charge in [0, 0.05) is 19.3 Å². The molecule has 1 atom stereocenters. The Kier molecular flexibility index (Phi) is 4.22.